The Labute approximate surface area is 174 Å². The third-order valence-electron chi connectivity index (χ3n) is 4.84. The van der Waals surface area contributed by atoms with Gasteiger partial charge in [0, 0.05) is 34.8 Å². The van der Waals surface area contributed by atoms with Crippen molar-refractivity contribution in [1.82, 2.24) is 14.9 Å². The minimum Gasteiger partial charge on any atom is -0.493 e. The molecule has 1 aliphatic rings. The lowest BCUT2D eigenvalue weighted by molar-refractivity contribution is 0.0847. The standard InChI is InChI=1S/C22H19N3O3S/c1-13-9-16(15-5-4-8-23-11-15)20-17(24-13)12-25(22(20)29)21(26)14-6-7-18(27-2)19(10-14)28-3/h4-11H,12H2,1-3H3. The van der Waals surface area contributed by atoms with Crippen LogP contribution in [0.2, 0.25) is 0 Å². The van der Waals surface area contributed by atoms with Gasteiger partial charge >= 0.3 is 0 Å². The van der Waals surface area contributed by atoms with E-state index in [9.17, 15) is 4.79 Å². The number of fused-ring (bicyclic) bond motifs is 1. The molecule has 29 heavy (non-hydrogen) atoms. The summed E-state index contributed by atoms with van der Waals surface area (Å²) in [7, 11) is 3.09. The molecule has 1 aliphatic heterocycles. The number of aromatic nitrogens is 2. The zero-order valence-electron chi connectivity index (χ0n) is 16.3. The predicted molar refractivity (Wildman–Crippen MR) is 113 cm³/mol. The molecule has 2 aromatic heterocycles. The van der Waals surface area contributed by atoms with Gasteiger partial charge in [-0.3, -0.25) is 19.7 Å². The maximum atomic E-state index is 13.2. The van der Waals surface area contributed by atoms with Gasteiger partial charge < -0.3 is 9.47 Å². The van der Waals surface area contributed by atoms with Crippen molar-refractivity contribution in [3.8, 4) is 22.6 Å². The molecule has 3 heterocycles. The number of carbonyl (C=O) groups is 1. The first-order valence-corrected chi connectivity index (χ1v) is 9.43. The largest absolute Gasteiger partial charge is 0.493 e. The van der Waals surface area contributed by atoms with Crippen molar-refractivity contribution >= 4 is 23.1 Å². The molecule has 0 radical (unpaired) electrons. The first-order valence-electron chi connectivity index (χ1n) is 9.02. The highest BCUT2D eigenvalue weighted by Crippen LogP contribution is 2.34. The molecule has 0 fully saturated rings. The van der Waals surface area contributed by atoms with Crippen LogP contribution in [-0.4, -0.2) is 40.0 Å². The van der Waals surface area contributed by atoms with Gasteiger partial charge in [-0.1, -0.05) is 18.3 Å². The van der Waals surface area contributed by atoms with Gasteiger partial charge in [0.25, 0.3) is 5.91 Å². The fourth-order valence-corrected chi connectivity index (χ4v) is 3.86. The maximum absolute atomic E-state index is 13.2. The Morgan fingerprint density at radius 3 is 2.62 bits per heavy atom. The lowest BCUT2D eigenvalue weighted by atomic mass is 10.0. The molecule has 0 unspecified atom stereocenters. The van der Waals surface area contributed by atoms with E-state index in [1.54, 1.807) is 42.6 Å². The number of pyridine rings is 2. The predicted octanol–water partition coefficient (Wildman–Crippen LogP) is 3.80. The topological polar surface area (TPSA) is 64.5 Å². The Morgan fingerprint density at radius 2 is 1.93 bits per heavy atom. The fourth-order valence-electron chi connectivity index (χ4n) is 3.49. The first-order chi connectivity index (χ1) is 14.0. The SMILES string of the molecule is COc1ccc(C(=O)N2Cc3nc(C)cc(-c4cccnc4)c3C2=S)cc1OC. The van der Waals surface area contributed by atoms with Crippen molar-refractivity contribution in [1.29, 1.82) is 0 Å². The molecule has 0 aliphatic carbocycles. The molecule has 1 amide bonds. The highest BCUT2D eigenvalue weighted by Gasteiger charge is 2.33. The summed E-state index contributed by atoms with van der Waals surface area (Å²) in [6.45, 7) is 2.26. The number of hydrogen-bond donors (Lipinski definition) is 0. The highest BCUT2D eigenvalue weighted by molar-refractivity contribution is 7.80. The highest BCUT2D eigenvalue weighted by atomic mass is 32.1. The zero-order chi connectivity index (χ0) is 20.5. The molecule has 7 heteroatoms. The zero-order valence-corrected chi connectivity index (χ0v) is 17.1. The molecule has 4 rings (SSSR count). The van der Waals surface area contributed by atoms with E-state index in [0.29, 0.717) is 28.6 Å². The van der Waals surface area contributed by atoms with E-state index in [0.717, 1.165) is 28.1 Å². The molecule has 0 saturated heterocycles. The monoisotopic (exact) mass is 405 g/mol. The number of carbonyl (C=O) groups excluding carboxylic acids is 1. The van der Waals surface area contributed by atoms with E-state index in [1.165, 1.54) is 7.11 Å². The average Bonchev–Trinajstić information content (AvgIpc) is 3.08. The summed E-state index contributed by atoms with van der Waals surface area (Å²) in [6, 6.07) is 10.9. The van der Waals surface area contributed by atoms with E-state index in [2.05, 4.69) is 9.97 Å². The van der Waals surface area contributed by atoms with Gasteiger partial charge in [0.1, 0.15) is 4.99 Å². The lowest BCUT2D eigenvalue weighted by Gasteiger charge is -2.17. The summed E-state index contributed by atoms with van der Waals surface area (Å²) in [5.74, 6) is 0.849. The Hall–Kier alpha value is -3.32. The van der Waals surface area contributed by atoms with Crippen molar-refractivity contribution in [3.63, 3.8) is 0 Å². The van der Waals surface area contributed by atoms with Crippen LogP contribution in [0.5, 0.6) is 11.5 Å². The van der Waals surface area contributed by atoms with Crippen LogP contribution in [0.25, 0.3) is 11.1 Å². The van der Waals surface area contributed by atoms with Crippen LogP contribution in [0.4, 0.5) is 0 Å². The van der Waals surface area contributed by atoms with Crippen LogP contribution in [0.15, 0.2) is 48.8 Å². The number of amides is 1. The Kier molecular flexibility index (Phi) is 4.98. The van der Waals surface area contributed by atoms with Crippen molar-refractivity contribution in [2.24, 2.45) is 0 Å². The maximum Gasteiger partial charge on any atom is 0.259 e. The molecular weight excluding hydrogens is 386 g/mol. The van der Waals surface area contributed by atoms with Crippen molar-refractivity contribution in [2.45, 2.75) is 13.5 Å². The molecule has 6 nitrogen and oxygen atoms in total. The third-order valence-corrected chi connectivity index (χ3v) is 5.26. The minimum atomic E-state index is -0.205. The molecule has 0 atom stereocenters. The molecule has 0 N–H and O–H groups in total. The number of hydrogen-bond acceptors (Lipinski definition) is 6. The number of thiocarbonyl (C=S) groups is 1. The first kappa shape index (κ1) is 19.0. The van der Waals surface area contributed by atoms with Crippen LogP contribution in [0.1, 0.15) is 27.3 Å². The summed E-state index contributed by atoms with van der Waals surface area (Å²) in [6.07, 6.45) is 3.51. The van der Waals surface area contributed by atoms with E-state index in [-0.39, 0.29) is 5.91 Å². The second-order valence-corrected chi connectivity index (χ2v) is 7.03. The van der Waals surface area contributed by atoms with Gasteiger partial charge in [-0.05, 0) is 42.8 Å². The summed E-state index contributed by atoms with van der Waals surface area (Å²) in [4.78, 5) is 24.1. The van der Waals surface area contributed by atoms with Crippen LogP contribution in [-0.2, 0) is 6.54 Å². The van der Waals surface area contributed by atoms with Crippen molar-refractivity contribution < 1.29 is 14.3 Å². The van der Waals surface area contributed by atoms with Gasteiger partial charge in [0.05, 0.1) is 26.5 Å². The van der Waals surface area contributed by atoms with E-state index in [1.807, 2.05) is 25.1 Å². The molecule has 0 saturated carbocycles. The second-order valence-electron chi connectivity index (χ2n) is 6.64. The number of ether oxygens (including phenoxy) is 2. The van der Waals surface area contributed by atoms with Crippen LogP contribution < -0.4 is 9.47 Å². The summed E-state index contributed by atoms with van der Waals surface area (Å²) < 4.78 is 10.6. The van der Waals surface area contributed by atoms with Gasteiger partial charge in [-0.25, -0.2) is 0 Å². The lowest BCUT2D eigenvalue weighted by Crippen LogP contribution is -2.30. The molecule has 146 valence electrons. The fraction of sp³-hybridized carbons (Fsp3) is 0.182. The molecule has 3 aromatic rings. The van der Waals surface area contributed by atoms with Crippen LogP contribution in [0, 0.1) is 6.92 Å². The molecule has 0 spiro atoms. The van der Waals surface area contributed by atoms with Crippen molar-refractivity contribution in [3.05, 3.63) is 71.3 Å². The van der Waals surface area contributed by atoms with E-state index >= 15 is 0 Å². The summed E-state index contributed by atoms with van der Waals surface area (Å²) in [5, 5.41) is 0. The van der Waals surface area contributed by atoms with Gasteiger partial charge in [0.2, 0.25) is 0 Å². The minimum absolute atomic E-state index is 0.205. The third kappa shape index (κ3) is 3.34. The van der Waals surface area contributed by atoms with Crippen LogP contribution in [0.3, 0.4) is 0 Å². The van der Waals surface area contributed by atoms with Crippen LogP contribution >= 0.6 is 12.2 Å². The van der Waals surface area contributed by atoms with Gasteiger partial charge in [-0.2, -0.15) is 0 Å². The molecular formula is C22H19N3O3S. The smallest absolute Gasteiger partial charge is 0.259 e. The average molecular weight is 405 g/mol. The number of nitrogens with zero attached hydrogens (tertiary/aromatic N) is 3. The normalized spacial score (nSPS) is 12.7. The van der Waals surface area contributed by atoms with E-state index < -0.39 is 0 Å². The summed E-state index contributed by atoms with van der Waals surface area (Å²) in [5.41, 5.74) is 4.82. The van der Waals surface area contributed by atoms with E-state index in [4.69, 9.17) is 21.7 Å². The quantitative estimate of drug-likeness (QED) is 0.615. The number of methoxy groups -OCH3 is 2. The number of aryl methyl sites for hydroxylation is 1. The van der Waals surface area contributed by atoms with Crippen molar-refractivity contribution in [2.75, 3.05) is 14.2 Å². The molecule has 0 bridgehead atoms. The van der Waals surface area contributed by atoms with Gasteiger partial charge in [-0.15, -0.1) is 0 Å². The summed E-state index contributed by atoms with van der Waals surface area (Å²) >= 11 is 5.70. The Balaban J connectivity index is 1.73. The number of benzene rings is 1. The number of rotatable bonds is 4. The van der Waals surface area contributed by atoms with Gasteiger partial charge in [0.15, 0.2) is 11.5 Å². The Bertz CT molecular complexity index is 1120. The Morgan fingerprint density at radius 1 is 1.14 bits per heavy atom. The molecule has 1 aromatic carbocycles. The second kappa shape index (κ2) is 7.60.